The van der Waals surface area contributed by atoms with Crippen molar-refractivity contribution in [2.45, 2.75) is 52.5 Å². The summed E-state index contributed by atoms with van der Waals surface area (Å²) in [6, 6.07) is 21.5. The molecule has 210 valence electrons. The second-order valence-electron chi connectivity index (χ2n) is 10.7. The van der Waals surface area contributed by atoms with E-state index in [4.69, 9.17) is 16.3 Å². The SMILES string of the molecule is CCN(C(=O)[C@@H]1C[C@@H](C)N(C(=O)c2ccc(OCCC(C)(C)C(=O)O)cc2)c2ccccc21)c1ccc(Cl)cc1. The number of hydrogen-bond acceptors (Lipinski definition) is 4. The first-order chi connectivity index (χ1) is 19.0. The van der Waals surface area contributed by atoms with Crippen LogP contribution >= 0.6 is 11.6 Å². The number of anilines is 2. The molecule has 1 aliphatic heterocycles. The zero-order chi connectivity index (χ0) is 29.0. The molecule has 3 aromatic rings. The summed E-state index contributed by atoms with van der Waals surface area (Å²) in [5, 5.41) is 9.89. The number of carbonyl (C=O) groups excluding carboxylic acids is 2. The number of carboxylic acid groups (broad SMARTS) is 1. The predicted octanol–water partition coefficient (Wildman–Crippen LogP) is 6.80. The summed E-state index contributed by atoms with van der Waals surface area (Å²) < 4.78 is 5.73. The van der Waals surface area contributed by atoms with E-state index in [1.165, 1.54) is 0 Å². The molecule has 0 fully saturated rings. The molecule has 40 heavy (non-hydrogen) atoms. The number of hydrogen-bond donors (Lipinski definition) is 1. The van der Waals surface area contributed by atoms with Gasteiger partial charge in [0.1, 0.15) is 5.75 Å². The molecule has 0 aliphatic carbocycles. The molecule has 0 radical (unpaired) electrons. The summed E-state index contributed by atoms with van der Waals surface area (Å²) in [7, 11) is 0. The van der Waals surface area contributed by atoms with Gasteiger partial charge in [0.2, 0.25) is 5.91 Å². The minimum atomic E-state index is -0.879. The maximum atomic E-state index is 13.8. The molecule has 0 unspecified atom stereocenters. The highest BCUT2D eigenvalue weighted by Gasteiger charge is 2.39. The first kappa shape index (κ1) is 29.2. The highest BCUT2D eigenvalue weighted by molar-refractivity contribution is 6.30. The third kappa shape index (κ3) is 6.15. The van der Waals surface area contributed by atoms with Gasteiger partial charge in [0.15, 0.2) is 0 Å². The van der Waals surface area contributed by atoms with E-state index in [0.717, 1.165) is 16.9 Å². The molecule has 8 heteroatoms. The number of carboxylic acids is 1. The van der Waals surface area contributed by atoms with Crippen molar-refractivity contribution in [1.82, 2.24) is 0 Å². The Hall–Kier alpha value is -3.84. The Morgan fingerprint density at radius 2 is 1.68 bits per heavy atom. The van der Waals surface area contributed by atoms with Gasteiger partial charge in [-0.3, -0.25) is 14.4 Å². The fourth-order valence-electron chi connectivity index (χ4n) is 4.99. The molecule has 1 N–H and O–H groups in total. The van der Waals surface area contributed by atoms with Crippen LogP contribution in [0.5, 0.6) is 5.75 Å². The summed E-state index contributed by atoms with van der Waals surface area (Å²) in [4.78, 5) is 42.4. The van der Waals surface area contributed by atoms with E-state index < -0.39 is 17.3 Å². The largest absolute Gasteiger partial charge is 0.494 e. The summed E-state index contributed by atoms with van der Waals surface area (Å²) in [5.74, 6) is -0.864. The lowest BCUT2D eigenvalue weighted by Gasteiger charge is -2.40. The number of amides is 2. The van der Waals surface area contributed by atoms with Crippen LogP contribution in [0.3, 0.4) is 0 Å². The van der Waals surface area contributed by atoms with Crippen LogP contribution in [-0.4, -0.2) is 42.1 Å². The number of benzene rings is 3. The highest BCUT2D eigenvalue weighted by Crippen LogP contribution is 2.41. The molecular formula is C32H35ClN2O5. The lowest BCUT2D eigenvalue weighted by Crippen LogP contribution is -2.46. The Bertz CT molecular complexity index is 1370. The van der Waals surface area contributed by atoms with Gasteiger partial charge in [-0.25, -0.2) is 0 Å². The first-order valence-corrected chi connectivity index (χ1v) is 13.9. The van der Waals surface area contributed by atoms with E-state index in [1.807, 2.05) is 50.2 Å². The van der Waals surface area contributed by atoms with Crippen molar-refractivity contribution in [1.29, 1.82) is 0 Å². The molecule has 0 saturated heterocycles. The van der Waals surface area contributed by atoms with Gasteiger partial charge in [0, 0.05) is 34.5 Å². The van der Waals surface area contributed by atoms with Crippen molar-refractivity contribution in [2.24, 2.45) is 5.41 Å². The van der Waals surface area contributed by atoms with Crippen LogP contribution in [0, 0.1) is 5.41 Å². The van der Waals surface area contributed by atoms with Crippen LogP contribution in [0.25, 0.3) is 0 Å². The summed E-state index contributed by atoms with van der Waals surface area (Å²) in [6.45, 7) is 8.00. The zero-order valence-corrected chi connectivity index (χ0v) is 24.0. The summed E-state index contributed by atoms with van der Waals surface area (Å²) in [5.41, 5.74) is 1.96. The molecule has 0 aromatic heterocycles. The molecule has 3 aromatic carbocycles. The molecular weight excluding hydrogens is 528 g/mol. The van der Waals surface area contributed by atoms with Crippen molar-refractivity contribution in [2.75, 3.05) is 23.0 Å². The average Bonchev–Trinajstić information content (AvgIpc) is 2.94. The van der Waals surface area contributed by atoms with Crippen molar-refractivity contribution in [3.05, 3.63) is 88.9 Å². The number of ether oxygens (including phenoxy) is 1. The number of halogens is 1. The Morgan fingerprint density at radius 1 is 1.02 bits per heavy atom. The van der Waals surface area contributed by atoms with E-state index in [1.54, 1.807) is 60.0 Å². The van der Waals surface area contributed by atoms with Gasteiger partial charge in [0.05, 0.1) is 17.9 Å². The molecule has 2 amide bonds. The molecule has 2 atom stereocenters. The molecule has 0 saturated carbocycles. The number of nitrogens with zero attached hydrogens (tertiary/aromatic N) is 2. The Kier molecular flexibility index (Phi) is 8.84. The average molecular weight is 563 g/mol. The second-order valence-corrected chi connectivity index (χ2v) is 11.2. The molecule has 1 aliphatic rings. The number of fused-ring (bicyclic) bond motifs is 1. The maximum Gasteiger partial charge on any atom is 0.309 e. The van der Waals surface area contributed by atoms with Crippen molar-refractivity contribution < 1.29 is 24.2 Å². The van der Waals surface area contributed by atoms with Crippen molar-refractivity contribution in [3.8, 4) is 5.75 Å². The molecule has 4 rings (SSSR count). The van der Waals surface area contributed by atoms with E-state index >= 15 is 0 Å². The molecule has 0 spiro atoms. The quantitative estimate of drug-likeness (QED) is 0.310. The van der Waals surface area contributed by atoms with Gasteiger partial charge in [-0.05, 0) is 101 Å². The van der Waals surface area contributed by atoms with Crippen molar-refractivity contribution in [3.63, 3.8) is 0 Å². The van der Waals surface area contributed by atoms with Crippen LogP contribution in [0.1, 0.15) is 62.4 Å². The Morgan fingerprint density at radius 3 is 2.30 bits per heavy atom. The molecule has 7 nitrogen and oxygen atoms in total. The normalized spacial score (nSPS) is 16.7. The van der Waals surface area contributed by atoms with Crippen LogP contribution < -0.4 is 14.5 Å². The Balaban J connectivity index is 1.53. The van der Waals surface area contributed by atoms with Gasteiger partial charge >= 0.3 is 5.97 Å². The lowest BCUT2D eigenvalue weighted by molar-refractivity contribution is -0.147. The van der Waals surface area contributed by atoms with E-state index in [-0.39, 0.29) is 24.5 Å². The van der Waals surface area contributed by atoms with Crippen LogP contribution in [0.2, 0.25) is 5.02 Å². The van der Waals surface area contributed by atoms with E-state index in [0.29, 0.717) is 35.7 Å². The number of rotatable bonds is 9. The summed E-state index contributed by atoms with van der Waals surface area (Å²) >= 11 is 6.06. The number of likely N-dealkylation sites (N-methyl/N-ethyl adjacent to an activating group) is 1. The molecule has 1 heterocycles. The van der Waals surface area contributed by atoms with E-state index in [2.05, 4.69) is 0 Å². The zero-order valence-electron chi connectivity index (χ0n) is 23.3. The number of carbonyl (C=O) groups is 3. The van der Waals surface area contributed by atoms with Crippen molar-refractivity contribution >= 4 is 40.8 Å². The van der Waals surface area contributed by atoms with Crippen LogP contribution in [-0.2, 0) is 9.59 Å². The Labute approximate surface area is 240 Å². The van der Waals surface area contributed by atoms with Gasteiger partial charge < -0.3 is 19.6 Å². The first-order valence-electron chi connectivity index (χ1n) is 13.5. The minimum absolute atomic E-state index is 0.0104. The fourth-order valence-corrected chi connectivity index (χ4v) is 5.12. The predicted molar refractivity (Wildman–Crippen MR) is 158 cm³/mol. The standard InChI is InChI=1S/C32H35ClN2O5/c1-5-34(24-14-12-23(33)13-15-24)30(37)27-20-21(2)35(28-9-7-6-8-26(27)28)29(36)22-10-16-25(17-11-22)40-19-18-32(3,4)31(38)39/h6-17,21,27H,5,18-20H2,1-4H3,(H,38,39)/t21-,27-/m1/s1. The van der Waals surface area contributed by atoms with Gasteiger partial charge in [0.25, 0.3) is 5.91 Å². The highest BCUT2D eigenvalue weighted by atomic mass is 35.5. The topological polar surface area (TPSA) is 87.2 Å². The third-order valence-electron chi connectivity index (χ3n) is 7.50. The third-order valence-corrected chi connectivity index (χ3v) is 7.75. The van der Waals surface area contributed by atoms with Gasteiger partial charge in [-0.2, -0.15) is 0 Å². The smallest absolute Gasteiger partial charge is 0.309 e. The summed E-state index contributed by atoms with van der Waals surface area (Å²) in [6.07, 6.45) is 0.852. The van der Waals surface area contributed by atoms with Gasteiger partial charge in [-0.15, -0.1) is 0 Å². The van der Waals surface area contributed by atoms with E-state index in [9.17, 15) is 19.5 Å². The van der Waals surface area contributed by atoms with Crippen LogP contribution in [0.4, 0.5) is 11.4 Å². The fraction of sp³-hybridized carbons (Fsp3) is 0.344. The molecule has 0 bridgehead atoms. The minimum Gasteiger partial charge on any atom is -0.494 e. The maximum absolute atomic E-state index is 13.8. The number of para-hydroxylation sites is 1. The monoisotopic (exact) mass is 562 g/mol. The second kappa shape index (κ2) is 12.1. The van der Waals surface area contributed by atoms with Gasteiger partial charge in [-0.1, -0.05) is 29.8 Å². The van der Waals surface area contributed by atoms with Crippen LogP contribution in [0.15, 0.2) is 72.8 Å². The lowest BCUT2D eigenvalue weighted by atomic mass is 9.84. The number of aliphatic carboxylic acids is 1.